The highest BCUT2D eigenvalue weighted by Gasteiger charge is 2.27. The van der Waals surface area contributed by atoms with Crippen LogP contribution in [0.4, 0.5) is 0 Å². The smallest absolute Gasteiger partial charge is 0.305 e. The molecule has 0 aromatic heterocycles. The Bertz CT molecular complexity index is 201. The molecule has 0 rings (SSSR count). The fourth-order valence-electron chi connectivity index (χ4n) is 0.608. The van der Waals surface area contributed by atoms with Crippen molar-refractivity contribution in [1.29, 1.82) is 0 Å². The third-order valence-electron chi connectivity index (χ3n) is 1.09. The van der Waals surface area contributed by atoms with Gasteiger partial charge in [0, 0.05) is 0 Å². The predicted octanol–water partition coefficient (Wildman–Crippen LogP) is 1.97. The molecule has 0 aliphatic rings. The minimum Gasteiger partial charge on any atom is -0.305 e. The van der Waals surface area contributed by atoms with Gasteiger partial charge in [-0.3, -0.25) is 9.36 Å². The van der Waals surface area contributed by atoms with Gasteiger partial charge < -0.3 is 9.05 Å². The second-order valence-electron chi connectivity index (χ2n) is 1.94. The Labute approximate surface area is 72.1 Å². The van der Waals surface area contributed by atoms with Crippen LogP contribution in [0.1, 0.15) is 13.8 Å². The van der Waals surface area contributed by atoms with Gasteiger partial charge in [0.05, 0.1) is 18.5 Å². The van der Waals surface area contributed by atoms with Crippen LogP contribution in [0.15, 0.2) is 11.9 Å². The molecular formula is C7H13O4P. The van der Waals surface area contributed by atoms with Crippen LogP contribution in [-0.2, 0) is 18.4 Å². The molecule has 0 heterocycles. The molecule has 0 radical (unpaired) electrons. The number of hydrogen-bond acceptors (Lipinski definition) is 4. The molecule has 0 aromatic carbocycles. The molecule has 0 atom stereocenters. The number of allylic oxidation sites excluding steroid dienone is 1. The fourth-order valence-corrected chi connectivity index (χ4v) is 1.82. The first kappa shape index (κ1) is 11.6. The topological polar surface area (TPSA) is 52.6 Å². The van der Waals surface area contributed by atoms with Crippen LogP contribution < -0.4 is 0 Å². The lowest BCUT2D eigenvalue weighted by Crippen LogP contribution is -1.98. The van der Waals surface area contributed by atoms with Crippen molar-refractivity contribution in [3.8, 4) is 0 Å². The minimum atomic E-state index is -3.37. The number of aldehydes is 1. The van der Waals surface area contributed by atoms with E-state index in [1.165, 1.54) is 0 Å². The van der Waals surface area contributed by atoms with Gasteiger partial charge in [0.1, 0.15) is 0 Å². The lowest BCUT2D eigenvalue weighted by atomic mass is 10.7. The summed E-state index contributed by atoms with van der Waals surface area (Å²) in [6.07, 6.45) is 0.395. The summed E-state index contributed by atoms with van der Waals surface area (Å²) in [7, 11) is -3.37. The van der Waals surface area contributed by atoms with Gasteiger partial charge in [0.15, 0.2) is 6.29 Å². The Morgan fingerprint density at radius 1 is 1.42 bits per heavy atom. The summed E-state index contributed by atoms with van der Waals surface area (Å²) in [6.45, 7) is 7.09. The molecule has 0 unspecified atom stereocenters. The van der Waals surface area contributed by atoms with Crippen LogP contribution >= 0.6 is 7.60 Å². The Hall–Kier alpha value is -0.440. The van der Waals surface area contributed by atoms with Crippen LogP contribution in [-0.4, -0.2) is 19.5 Å². The predicted molar refractivity (Wildman–Crippen MR) is 46.1 cm³/mol. The summed E-state index contributed by atoms with van der Waals surface area (Å²) in [6, 6.07) is 0. The first-order chi connectivity index (χ1) is 5.60. The zero-order chi connectivity index (χ0) is 9.61. The zero-order valence-electron chi connectivity index (χ0n) is 7.28. The van der Waals surface area contributed by atoms with E-state index in [9.17, 15) is 9.36 Å². The Morgan fingerprint density at radius 3 is 2.08 bits per heavy atom. The van der Waals surface area contributed by atoms with Crippen molar-refractivity contribution in [2.75, 3.05) is 13.2 Å². The van der Waals surface area contributed by atoms with Gasteiger partial charge in [0.25, 0.3) is 0 Å². The molecule has 70 valence electrons. The summed E-state index contributed by atoms with van der Waals surface area (Å²) in [4.78, 5) is 10.3. The van der Waals surface area contributed by atoms with E-state index in [0.29, 0.717) is 6.29 Å². The average molecular weight is 192 g/mol. The normalized spacial score (nSPS) is 11.2. The standard InChI is InChI=1S/C7H13O4P/c1-4-10-12(9,11-5-2)7(3)6-8/h6H,3-5H2,1-2H3. The van der Waals surface area contributed by atoms with Crippen LogP contribution in [0, 0.1) is 0 Å². The van der Waals surface area contributed by atoms with Crippen LogP contribution in [0.2, 0.25) is 0 Å². The van der Waals surface area contributed by atoms with Gasteiger partial charge in [-0.2, -0.15) is 0 Å². The molecule has 0 N–H and O–H groups in total. The molecule has 4 nitrogen and oxygen atoms in total. The Kier molecular flexibility index (Phi) is 5.06. The van der Waals surface area contributed by atoms with Gasteiger partial charge >= 0.3 is 7.60 Å². The van der Waals surface area contributed by atoms with E-state index < -0.39 is 7.60 Å². The monoisotopic (exact) mass is 192 g/mol. The van der Waals surface area contributed by atoms with Gasteiger partial charge in [-0.15, -0.1) is 0 Å². The van der Waals surface area contributed by atoms with E-state index in [1.807, 2.05) is 0 Å². The highest BCUT2D eigenvalue weighted by Crippen LogP contribution is 2.54. The maximum absolute atomic E-state index is 11.6. The number of rotatable bonds is 6. The van der Waals surface area contributed by atoms with Gasteiger partial charge in [0.2, 0.25) is 0 Å². The second kappa shape index (κ2) is 5.25. The molecular weight excluding hydrogens is 179 g/mol. The summed E-state index contributed by atoms with van der Waals surface area (Å²) < 4.78 is 21.2. The third-order valence-corrected chi connectivity index (χ3v) is 3.09. The average Bonchev–Trinajstić information content (AvgIpc) is 2.04. The molecule has 0 spiro atoms. The SMILES string of the molecule is C=C(C=O)P(=O)(OCC)OCC. The second-order valence-corrected chi connectivity index (χ2v) is 4.03. The maximum atomic E-state index is 11.6. The Morgan fingerprint density at radius 2 is 1.83 bits per heavy atom. The molecule has 0 amide bonds. The van der Waals surface area contributed by atoms with Crippen molar-refractivity contribution in [2.24, 2.45) is 0 Å². The van der Waals surface area contributed by atoms with E-state index in [1.54, 1.807) is 13.8 Å². The lowest BCUT2D eigenvalue weighted by Gasteiger charge is -2.15. The molecule has 0 saturated heterocycles. The van der Waals surface area contributed by atoms with Crippen molar-refractivity contribution in [3.05, 3.63) is 11.9 Å². The molecule has 0 fully saturated rings. The highest BCUT2D eigenvalue weighted by atomic mass is 31.2. The first-order valence-corrected chi connectivity index (χ1v) is 5.18. The molecule has 12 heavy (non-hydrogen) atoms. The van der Waals surface area contributed by atoms with E-state index in [0.717, 1.165) is 0 Å². The van der Waals surface area contributed by atoms with Crippen molar-refractivity contribution in [2.45, 2.75) is 13.8 Å². The summed E-state index contributed by atoms with van der Waals surface area (Å²) in [5, 5.41) is -0.133. The Balaban J connectivity index is 4.49. The summed E-state index contributed by atoms with van der Waals surface area (Å²) in [5.41, 5.74) is 0. The highest BCUT2D eigenvalue weighted by molar-refractivity contribution is 7.59. The van der Waals surface area contributed by atoms with E-state index in [4.69, 9.17) is 9.05 Å². The van der Waals surface area contributed by atoms with Crippen molar-refractivity contribution in [1.82, 2.24) is 0 Å². The van der Waals surface area contributed by atoms with Gasteiger partial charge in [-0.1, -0.05) is 6.58 Å². The van der Waals surface area contributed by atoms with Gasteiger partial charge in [-0.05, 0) is 13.8 Å². The van der Waals surface area contributed by atoms with Crippen LogP contribution in [0.3, 0.4) is 0 Å². The maximum Gasteiger partial charge on any atom is 0.364 e. The molecule has 0 saturated carbocycles. The van der Waals surface area contributed by atoms with Crippen molar-refractivity contribution >= 4 is 13.9 Å². The number of carbonyl (C=O) groups is 1. The third kappa shape index (κ3) is 2.89. The first-order valence-electron chi connectivity index (χ1n) is 3.64. The fraction of sp³-hybridized carbons (Fsp3) is 0.571. The quantitative estimate of drug-likeness (QED) is 0.366. The lowest BCUT2D eigenvalue weighted by molar-refractivity contribution is -0.104. The number of hydrogen-bond donors (Lipinski definition) is 0. The zero-order valence-corrected chi connectivity index (χ0v) is 8.17. The van der Waals surface area contributed by atoms with Crippen LogP contribution in [0.25, 0.3) is 0 Å². The molecule has 0 aromatic rings. The summed E-state index contributed by atoms with van der Waals surface area (Å²) >= 11 is 0. The van der Waals surface area contributed by atoms with Gasteiger partial charge in [-0.25, -0.2) is 0 Å². The van der Waals surface area contributed by atoms with E-state index in [-0.39, 0.29) is 18.5 Å². The molecule has 0 aliphatic heterocycles. The molecule has 0 aliphatic carbocycles. The van der Waals surface area contributed by atoms with E-state index in [2.05, 4.69) is 6.58 Å². The molecule has 5 heteroatoms. The largest absolute Gasteiger partial charge is 0.364 e. The number of carbonyl (C=O) groups excluding carboxylic acids is 1. The minimum absolute atomic E-state index is 0.133. The molecule has 0 bridgehead atoms. The van der Waals surface area contributed by atoms with E-state index >= 15 is 0 Å². The van der Waals surface area contributed by atoms with Crippen molar-refractivity contribution < 1.29 is 18.4 Å². The summed E-state index contributed by atoms with van der Waals surface area (Å²) in [5.74, 6) is 0. The van der Waals surface area contributed by atoms with Crippen LogP contribution in [0.5, 0.6) is 0 Å². The van der Waals surface area contributed by atoms with Crippen molar-refractivity contribution in [3.63, 3.8) is 0 Å².